The fourth-order valence-corrected chi connectivity index (χ4v) is 4.60. The molecule has 0 heterocycles. The van der Waals surface area contributed by atoms with E-state index in [0.29, 0.717) is 29.4 Å². The van der Waals surface area contributed by atoms with E-state index < -0.39 is 5.91 Å². The van der Waals surface area contributed by atoms with Crippen molar-refractivity contribution < 1.29 is 14.3 Å². The monoisotopic (exact) mass is 602 g/mol. The fourth-order valence-electron chi connectivity index (χ4n) is 2.83. The Morgan fingerprint density at radius 1 is 1.16 bits per heavy atom. The van der Waals surface area contributed by atoms with Gasteiger partial charge in [-0.3, -0.25) is 4.79 Å². The van der Waals surface area contributed by atoms with Gasteiger partial charge in [0, 0.05) is 5.69 Å². The zero-order valence-corrected chi connectivity index (χ0v) is 21.2. The first-order valence-corrected chi connectivity index (χ1v) is 11.5. The van der Waals surface area contributed by atoms with Crippen LogP contribution in [0, 0.1) is 21.8 Å². The van der Waals surface area contributed by atoms with E-state index in [-0.39, 0.29) is 5.57 Å². The number of rotatable bonds is 7. The summed E-state index contributed by atoms with van der Waals surface area (Å²) in [5, 5.41) is 12.2. The molecule has 0 aliphatic rings. The summed E-state index contributed by atoms with van der Waals surface area (Å²) in [6.07, 6.45) is 1.55. The van der Waals surface area contributed by atoms with E-state index in [1.54, 1.807) is 37.5 Å². The summed E-state index contributed by atoms with van der Waals surface area (Å²) in [7, 11) is 1.57. The quantitative estimate of drug-likeness (QED) is 0.190. The fraction of sp³-hybridized carbons (Fsp3) is 0.120. The molecule has 0 aromatic heterocycles. The van der Waals surface area contributed by atoms with Crippen LogP contribution >= 0.6 is 38.5 Å². The summed E-state index contributed by atoms with van der Waals surface area (Å²) in [6, 6.07) is 20.7. The van der Waals surface area contributed by atoms with Crippen LogP contribution in [0.3, 0.4) is 0 Å². The number of hydrogen-bond acceptors (Lipinski definition) is 4. The Balaban J connectivity index is 1.74. The lowest BCUT2D eigenvalue weighted by atomic mass is 10.1. The van der Waals surface area contributed by atoms with E-state index in [9.17, 15) is 10.1 Å². The zero-order chi connectivity index (χ0) is 23.1. The summed E-state index contributed by atoms with van der Waals surface area (Å²) in [6.45, 7) is 2.49. The molecule has 0 fully saturated rings. The molecular weight excluding hydrogens is 583 g/mol. The molecule has 7 heteroatoms. The lowest BCUT2D eigenvalue weighted by molar-refractivity contribution is -0.112. The van der Waals surface area contributed by atoms with Crippen molar-refractivity contribution in [3.8, 4) is 17.6 Å². The van der Waals surface area contributed by atoms with Crippen molar-refractivity contribution in [2.45, 2.75) is 13.5 Å². The summed E-state index contributed by atoms with van der Waals surface area (Å²) in [5.41, 5.74) is 3.56. The van der Waals surface area contributed by atoms with Gasteiger partial charge in [0.15, 0.2) is 0 Å². The normalized spacial score (nSPS) is 10.9. The van der Waals surface area contributed by atoms with Crippen LogP contribution in [0.25, 0.3) is 6.08 Å². The van der Waals surface area contributed by atoms with E-state index >= 15 is 0 Å². The number of ether oxygens (including phenoxy) is 2. The number of nitrogens with zero attached hydrogens (tertiary/aromatic N) is 1. The Labute approximate surface area is 209 Å². The lowest BCUT2D eigenvalue weighted by Crippen LogP contribution is -2.13. The first-order chi connectivity index (χ1) is 15.4. The van der Waals surface area contributed by atoms with Crippen molar-refractivity contribution >= 4 is 56.2 Å². The molecule has 3 aromatic rings. The Morgan fingerprint density at radius 2 is 1.84 bits per heavy atom. The van der Waals surface area contributed by atoms with Gasteiger partial charge < -0.3 is 14.8 Å². The largest absolute Gasteiger partial charge is 0.497 e. The van der Waals surface area contributed by atoms with Crippen LogP contribution < -0.4 is 14.8 Å². The van der Waals surface area contributed by atoms with Crippen LogP contribution in [-0.2, 0) is 11.4 Å². The Kier molecular flexibility index (Phi) is 8.31. The number of carbonyl (C=O) groups is 1. The number of benzene rings is 3. The maximum absolute atomic E-state index is 12.6. The zero-order valence-electron chi connectivity index (χ0n) is 17.5. The van der Waals surface area contributed by atoms with Crippen LogP contribution in [0.5, 0.6) is 11.5 Å². The van der Waals surface area contributed by atoms with Crippen molar-refractivity contribution in [1.82, 2.24) is 0 Å². The molecule has 3 rings (SSSR count). The second-order valence-electron chi connectivity index (χ2n) is 6.94. The Morgan fingerprint density at radius 3 is 2.44 bits per heavy atom. The van der Waals surface area contributed by atoms with Crippen LogP contribution in [0.4, 0.5) is 5.69 Å². The minimum absolute atomic E-state index is 0.00292. The molecule has 0 aliphatic heterocycles. The number of aryl methyl sites for hydroxylation is 1. The highest BCUT2D eigenvalue weighted by molar-refractivity contribution is 14.1. The van der Waals surface area contributed by atoms with E-state index in [1.807, 2.05) is 49.4 Å². The minimum atomic E-state index is -0.483. The van der Waals surface area contributed by atoms with Gasteiger partial charge >= 0.3 is 0 Å². The molecule has 0 aliphatic carbocycles. The number of anilines is 1. The van der Waals surface area contributed by atoms with E-state index in [4.69, 9.17) is 9.47 Å². The van der Waals surface area contributed by atoms with Crippen molar-refractivity contribution in [1.29, 1.82) is 5.26 Å². The predicted octanol–water partition coefficient (Wildman–Crippen LogP) is 6.50. The van der Waals surface area contributed by atoms with Gasteiger partial charge in [0.2, 0.25) is 0 Å². The molecular formula is C25H20BrIN2O3. The number of hydrogen-bond donors (Lipinski definition) is 1. The second kappa shape index (κ2) is 11.2. The van der Waals surface area contributed by atoms with Crippen LogP contribution in [0.2, 0.25) is 0 Å². The highest BCUT2D eigenvalue weighted by Crippen LogP contribution is 2.33. The van der Waals surface area contributed by atoms with Gasteiger partial charge in [-0.1, -0.05) is 29.8 Å². The summed E-state index contributed by atoms with van der Waals surface area (Å²) >= 11 is 5.73. The third-order valence-corrected chi connectivity index (χ3v) is 5.94. The molecule has 0 saturated heterocycles. The lowest BCUT2D eigenvalue weighted by Gasteiger charge is -2.12. The molecule has 0 atom stereocenters. The number of methoxy groups -OCH3 is 1. The first-order valence-electron chi connectivity index (χ1n) is 9.64. The SMILES string of the molecule is COc1ccc(NC(=O)/C(C#N)=C\c2cc(Br)c(OCc3ccc(C)cc3)c(I)c2)cc1. The molecule has 0 saturated carbocycles. The molecule has 3 aromatic carbocycles. The van der Waals surface area contributed by atoms with Gasteiger partial charge in [0.25, 0.3) is 5.91 Å². The molecule has 1 N–H and O–H groups in total. The molecule has 5 nitrogen and oxygen atoms in total. The molecule has 32 heavy (non-hydrogen) atoms. The van der Waals surface area contributed by atoms with Gasteiger partial charge in [-0.2, -0.15) is 5.26 Å². The smallest absolute Gasteiger partial charge is 0.266 e. The highest BCUT2D eigenvalue weighted by Gasteiger charge is 2.13. The standard InChI is InChI=1S/C25H20BrIN2O3/c1-16-3-5-17(6-4-16)15-32-24-22(26)12-18(13-23(24)27)11-19(14-28)25(30)29-20-7-9-21(31-2)10-8-20/h3-13H,15H2,1-2H3,(H,29,30)/b19-11-. The molecule has 0 spiro atoms. The van der Waals surface area contributed by atoms with Gasteiger partial charge in [-0.15, -0.1) is 0 Å². The average Bonchev–Trinajstić information content (AvgIpc) is 2.78. The maximum Gasteiger partial charge on any atom is 0.266 e. The van der Waals surface area contributed by atoms with E-state index in [0.717, 1.165) is 13.6 Å². The van der Waals surface area contributed by atoms with Gasteiger partial charge in [0.1, 0.15) is 29.7 Å². The second-order valence-corrected chi connectivity index (χ2v) is 8.96. The summed E-state index contributed by atoms with van der Waals surface area (Å²) < 4.78 is 12.7. The van der Waals surface area contributed by atoms with Crippen molar-refractivity contribution in [3.63, 3.8) is 0 Å². The number of amides is 1. The third kappa shape index (κ3) is 6.34. The number of nitrogens with one attached hydrogen (secondary N) is 1. The maximum atomic E-state index is 12.6. The molecule has 0 bridgehead atoms. The number of nitriles is 1. The molecule has 0 unspecified atom stereocenters. The molecule has 1 amide bonds. The summed E-state index contributed by atoms with van der Waals surface area (Å²) in [4.78, 5) is 12.6. The van der Waals surface area contributed by atoms with Crippen LogP contribution in [0.1, 0.15) is 16.7 Å². The van der Waals surface area contributed by atoms with Gasteiger partial charge in [-0.25, -0.2) is 0 Å². The van der Waals surface area contributed by atoms with E-state index in [2.05, 4.69) is 43.8 Å². The van der Waals surface area contributed by atoms with Crippen molar-refractivity contribution in [2.75, 3.05) is 12.4 Å². The Bertz CT molecular complexity index is 1160. The highest BCUT2D eigenvalue weighted by atomic mass is 127. The molecule has 162 valence electrons. The van der Waals surface area contributed by atoms with Crippen LogP contribution in [0.15, 0.2) is 70.7 Å². The van der Waals surface area contributed by atoms with Crippen molar-refractivity contribution in [2.24, 2.45) is 0 Å². The van der Waals surface area contributed by atoms with Crippen LogP contribution in [-0.4, -0.2) is 13.0 Å². The Hall–Kier alpha value is -2.83. The number of carbonyl (C=O) groups excluding carboxylic acids is 1. The number of halogens is 2. The minimum Gasteiger partial charge on any atom is -0.497 e. The van der Waals surface area contributed by atoms with Crippen molar-refractivity contribution in [3.05, 3.63) is 91.0 Å². The van der Waals surface area contributed by atoms with E-state index in [1.165, 1.54) is 5.56 Å². The van der Waals surface area contributed by atoms with Gasteiger partial charge in [-0.05, 0) is 99.0 Å². The predicted molar refractivity (Wildman–Crippen MR) is 138 cm³/mol. The van der Waals surface area contributed by atoms with Gasteiger partial charge in [0.05, 0.1) is 15.2 Å². The average molecular weight is 603 g/mol. The third-order valence-electron chi connectivity index (χ3n) is 4.55. The summed E-state index contributed by atoms with van der Waals surface area (Å²) in [5.74, 6) is 0.913. The first kappa shape index (κ1) is 23.8. The molecule has 0 radical (unpaired) electrons. The topological polar surface area (TPSA) is 71.3 Å².